The summed E-state index contributed by atoms with van der Waals surface area (Å²) < 4.78 is 10.5. The topological polar surface area (TPSA) is 72.9 Å². The Kier molecular flexibility index (Phi) is 3.20. The highest BCUT2D eigenvalue weighted by atomic mass is 16.5. The van der Waals surface area contributed by atoms with Crippen LogP contribution in [0.1, 0.15) is 19.8 Å². The molecule has 0 aromatic heterocycles. The first-order valence-electron chi connectivity index (χ1n) is 6.90. The van der Waals surface area contributed by atoms with Gasteiger partial charge in [-0.05, 0) is 13.3 Å². The molecule has 0 radical (unpaired) electrons. The Balaban J connectivity index is 2.12. The minimum absolute atomic E-state index is 0.000842. The SMILES string of the molecule is COC1=C(C)C(=O)C2=C(CN3C(=O)CCC3[C@H]2OC)C1=O. The number of nitrogens with zero attached hydrogens (tertiary/aromatic N) is 1. The van der Waals surface area contributed by atoms with Crippen molar-refractivity contribution in [2.45, 2.75) is 31.9 Å². The summed E-state index contributed by atoms with van der Waals surface area (Å²) in [7, 11) is 2.88. The molecule has 3 aliphatic rings. The summed E-state index contributed by atoms with van der Waals surface area (Å²) in [6.07, 6.45) is 0.539. The van der Waals surface area contributed by atoms with Crippen molar-refractivity contribution in [1.82, 2.24) is 4.90 Å². The molecule has 1 amide bonds. The van der Waals surface area contributed by atoms with Crippen molar-refractivity contribution in [2.75, 3.05) is 20.8 Å². The van der Waals surface area contributed by atoms with Crippen LogP contribution in [-0.2, 0) is 23.9 Å². The summed E-state index contributed by atoms with van der Waals surface area (Å²) in [6.45, 7) is 1.76. The van der Waals surface area contributed by atoms with Gasteiger partial charge in [0, 0.05) is 30.2 Å². The molecule has 1 unspecified atom stereocenters. The van der Waals surface area contributed by atoms with E-state index >= 15 is 0 Å². The van der Waals surface area contributed by atoms with Crippen molar-refractivity contribution in [3.8, 4) is 0 Å². The van der Waals surface area contributed by atoms with E-state index in [1.54, 1.807) is 11.8 Å². The van der Waals surface area contributed by atoms with Crippen LogP contribution in [0.5, 0.6) is 0 Å². The maximum absolute atomic E-state index is 12.6. The molecule has 6 heteroatoms. The van der Waals surface area contributed by atoms with Crippen LogP contribution in [0.2, 0.25) is 0 Å². The summed E-state index contributed by atoms with van der Waals surface area (Å²) in [5.41, 5.74) is 1.04. The van der Waals surface area contributed by atoms with E-state index < -0.39 is 6.10 Å². The van der Waals surface area contributed by atoms with Gasteiger partial charge >= 0.3 is 0 Å². The molecule has 112 valence electrons. The van der Waals surface area contributed by atoms with Gasteiger partial charge in [-0.25, -0.2) is 0 Å². The van der Waals surface area contributed by atoms with Crippen LogP contribution in [0.25, 0.3) is 0 Å². The van der Waals surface area contributed by atoms with E-state index in [0.29, 0.717) is 29.6 Å². The summed E-state index contributed by atoms with van der Waals surface area (Å²) >= 11 is 0. The molecule has 2 aliphatic heterocycles. The molecule has 1 fully saturated rings. The predicted octanol–water partition coefficient (Wildman–Crippen LogP) is 0.375. The summed E-state index contributed by atoms with van der Waals surface area (Å²) in [6, 6.07) is -0.158. The Bertz CT molecular complexity index is 616. The van der Waals surface area contributed by atoms with Gasteiger partial charge in [0.1, 0.15) is 6.10 Å². The van der Waals surface area contributed by atoms with Crippen LogP contribution in [0, 0.1) is 0 Å². The molecular weight excluding hydrogens is 274 g/mol. The van der Waals surface area contributed by atoms with Crippen LogP contribution < -0.4 is 0 Å². The fraction of sp³-hybridized carbons (Fsp3) is 0.533. The van der Waals surface area contributed by atoms with Gasteiger partial charge in [0.15, 0.2) is 11.5 Å². The zero-order valence-corrected chi connectivity index (χ0v) is 12.3. The molecule has 0 spiro atoms. The van der Waals surface area contributed by atoms with E-state index in [4.69, 9.17) is 9.47 Å². The number of rotatable bonds is 2. The van der Waals surface area contributed by atoms with E-state index in [-0.39, 0.29) is 35.8 Å². The van der Waals surface area contributed by atoms with Crippen molar-refractivity contribution in [3.63, 3.8) is 0 Å². The Morgan fingerprint density at radius 2 is 1.86 bits per heavy atom. The third-order valence-corrected chi connectivity index (χ3v) is 4.53. The Labute approximate surface area is 122 Å². The van der Waals surface area contributed by atoms with E-state index in [1.807, 2.05) is 0 Å². The van der Waals surface area contributed by atoms with E-state index in [0.717, 1.165) is 0 Å². The zero-order chi connectivity index (χ0) is 15.3. The second-order valence-electron chi connectivity index (χ2n) is 5.49. The zero-order valence-electron chi connectivity index (χ0n) is 12.3. The number of Topliss-reactive ketones (excluding diaryl/α,β-unsaturated/α-hetero) is 2. The van der Waals surface area contributed by atoms with Crippen molar-refractivity contribution in [3.05, 3.63) is 22.5 Å². The lowest BCUT2D eigenvalue weighted by Crippen LogP contribution is -2.52. The standard InChI is InChI=1S/C15H17NO5/c1-7-12(18)11-8(13(19)14(7)20-2)6-16-9(15(11)21-3)4-5-10(16)17/h9,15H,4-6H2,1-3H3/t9?,15-/m1/s1. The third kappa shape index (κ3) is 1.78. The van der Waals surface area contributed by atoms with Gasteiger partial charge in [-0.2, -0.15) is 0 Å². The molecule has 0 aromatic rings. The first-order valence-corrected chi connectivity index (χ1v) is 6.90. The lowest BCUT2D eigenvalue weighted by Gasteiger charge is -2.39. The molecule has 0 N–H and O–H groups in total. The first-order chi connectivity index (χ1) is 10.0. The number of carbonyl (C=O) groups is 3. The smallest absolute Gasteiger partial charge is 0.226 e. The van der Waals surface area contributed by atoms with Crippen LogP contribution in [0.4, 0.5) is 0 Å². The van der Waals surface area contributed by atoms with Gasteiger partial charge in [-0.15, -0.1) is 0 Å². The quantitative estimate of drug-likeness (QED) is 0.688. The molecule has 1 aliphatic carbocycles. The normalized spacial score (nSPS) is 29.1. The Morgan fingerprint density at radius 3 is 2.48 bits per heavy atom. The predicted molar refractivity (Wildman–Crippen MR) is 72.3 cm³/mol. The summed E-state index contributed by atoms with van der Waals surface area (Å²) in [5, 5.41) is 0. The molecule has 2 atom stereocenters. The maximum Gasteiger partial charge on any atom is 0.226 e. The van der Waals surface area contributed by atoms with Crippen molar-refractivity contribution < 1.29 is 23.9 Å². The lowest BCUT2D eigenvalue weighted by atomic mass is 9.80. The molecule has 0 saturated carbocycles. The molecule has 1 saturated heterocycles. The molecule has 0 bridgehead atoms. The van der Waals surface area contributed by atoms with Gasteiger partial charge < -0.3 is 14.4 Å². The number of methoxy groups -OCH3 is 2. The minimum Gasteiger partial charge on any atom is -0.492 e. The average Bonchev–Trinajstić information content (AvgIpc) is 2.85. The molecule has 6 nitrogen and oxygen atoms in total. The molecule has 21 heavy (non-hydrogen) atoms. The maximum atomic E-state index is 12.6. The van der Waals surface area contributed by atoms with E-state index in [9.17, 15) is 14.4 Å². The minimum atomic E-state index is -0.537. The van der Waals surface area contributed by atoms with E-state index in [2.05, 4.69) is 0 Å². The first kappa shape index (κ1) is 14.0. The van der Waals surface area contributed by atoms with Gasteiger partial charge in [0.05, 0.1) is 19.7 Å². The van der Waals surface area contributed by atoms with Crippen LogP contribution in [-0.4, -0.2) is 55.3 Å². The number of carbonyl (C=O) groups excluding carboxylic acids is 3. The number of ketones is 2. The molecule has 2 heterocycles. The van der Waals surface area contributed by atoms with Crippen molar-refractivity contribution in [2.24, 2.45) is 0 Å². The summed E-state index contributed by atoms with van der Waals surface area (Å²) in [5.74, 6) is -0.463. The Morgan fingerprint density at radius 1 is 1.14 bits per heavy atom. The number of amides is 1. The van der Waals surface area contributed by atoms with Gasteiger partial charge in [0.2, 0.25) is 11.7 Å². The number of hydrogen-bond donors (Lipinski definition) is 0. The van der Waals surface area contributed by atoms with Gasteiger partial charge in [0.25, 0.3) is 0 Å². The number of ether oxygens (including phenoxy) is 2. The largest absolute Gasteiger partial charge is 0.492 e. The second kappa shape index (κ2) is 4.80. The molecule has 3 rings (SSSR count). The fourth-order valence-corrected chi connectivity index (χ4v) is 3.49. The highest BCUT2D eigenvalue weighted by molar-refractivity contribution is 6.25. The molecule has 0 aromatic carbocycles. The van der Waals surface area contributed by atoms with E-state index in [1.165, 1.54) is 14.2 Å². The number of hydrogen-bond acceptors (Lipinski definition) is 5. The highest BCUT2D eigenvalue weighted by Gasteiger charge is 2.49. The second-order valence-corrected chi connectivity index (χ2v) is 5.49. The van der Waals surface area contributed by atoms with Crippen LogP contribution in [0.3, 0.4) is 0 Å². The third-order valence-electron chi connectivity index (χ3n) is 4.53. The van der Waals surface area contributed by atoms with Gasteiger partial charge in [-0.1, -0.05) is 0 Å². The van der Waals surface area contributed by atoms with Crippen molar-refractivity contribution in [1.29, 1.82) is 0 Å². The highest BCUT2D eigenvalue weighted by Crippen LogP contribution is 2.38. The Hall–Kier alpha value is -1.95. The van der Waals surface area contributed by atoms with Gasteiger partial charge in [-0.3, -0.25) is 14.4 Å². The number of fused-ring (bicyclic) bond motifs is 1. The lowest BCUT2D eigenvalue weighted by molar-refractivity contribution is -0.132. The van der Waals surface area contributed by atoms with Crippen LogP contribution in [0.15, 0.2) is 22.5 Å². The van der Waals surface area contributed by atoms with Crippen molar-refractivity contribution >= 4 is 17.5 Å². The average molecular weight is 291 g/mol. The molecular formula is C15H17NO5. The fourth-order valence-electron chi connectivity index (χ4n) is 3.49. The monoisotopic (exact) mass is 291 g/mol. The summed E-state index contributed by atoms with van der Waals surface area (Å²) in [4.78, 5) is 38.7. The number of allylic oxidation sites excluding steroid dienone is 2. The van der Waals surface area contributed by atoms with Crippen LogP contribution >= 0.6 is 0 Å².